The molecule has 6 nitrogen and oxygen atoms in total. The van der Waals surface area contributed by atoms with Crippen LogP contribution < -0.4 is 15.6 Å². The van der Waals surface area contributed by atoms with Crippen molar-refractivity contribution in [1.29, 1.82) is 0 Å². The summed E-state index contributed by atoms with van der Waals surface area (Å²) < 4.78 is 6.04. The van der Waals surface area contributed by atoms with Crippen LogP contribution >= 0.6 is 11.3 Å². The van der Waals surface area contributed by atoms with Crippen LogP contribution in [0.2, 0.25) is 0 Å². The number of hydrazine groups is 1. The number of nitrogens with zero attached hydrogens (tertiary/aromatic N) is 2. The molecule has 1 amide bonds. The number of carbonyl (C=O) groups excluding carboxylic acids is 1. The van der Waals surface area contributed by atoms with Crippen molar-refractivity contribution in [3.8, 4) is 16.3 Å². The highest BCUT2D eigenvalue weighted by Crippen LogP contribution is 2.32. The van der Waals surface area contributed by atoms with Gasteiger partial charge in [0, 0.05) is 10.8 Å². The molecule has 5 rings (SSSR count). The van der Waals surface area contributed by atoms with Crippen LogP contribution in [0.1, 0.15) is 21.6 Å². The normalized spacial score (nSPS) is 10.7. The second-order valence-corrected chi connectivity index (χ2v) is 8.59. The molecule has 0 aliphatic heterocycles. The van der Waals surface area contributed by atoms with Crippen LogP contribution in [0.3, 0.4) is 0 Å². The molecular formula is C27H22N4O2S. The summed E-state index contributed by atoms with van der Waals surface area (Å²) in [5, 5.41) is 3.53. The largest absolute Gasteiger partial charge is 0.488 e. The van der Waals surface area contributed by atoms with Crippen LogP contribution in [-0.2, 0) is 6.61 Å². The van der Waals surface area contributed by atoms with E-state index in [4.69, 9.17) is 4.74 Å². The molecule has 0 saturated carbocycles. The molecule has 34 heavy (non-hydrogen) atoms. The third-order valence-corrected chi connectivity index (χ3v) is 6.19. The van der Waals surface area contributed by atoms with Crippen molar-refractivity contribution >= 4 is 34.0 Å². The number of amides is 1. The van der Waals surface area contributed by atoms with Crippen LogP contribution in [-0.4, -0.2) is 15.9 Å². The third kappa shape index (κ3) is 4.74. The fraction of sp³-hybridized carbons (Fsp3) is 0.0741. The highest BCUT2D eigenvalue weighted by molar-refractivity contribution is 7.13. The molecule has 0 radical (unpaired) electrons. The van der Waals surface area contributed by atoms with E-state index in [1.165, 1.54) is 11.3 Å². The van der Waals surface area contributed by atoms with E-state index in [1.54, 1.807) is 5.38 Å². The lowest BCUT2D eigenvalue weighted by molar-refractivity contribution is 0.0958. The molecule has 0 bridgehead atoms. The van der Waals surface area contributed by atoms with Crippen molar-refractivity contribution < 1.29 is 9.53 Å². The van der Waals surface area contributed by atoms with Gasteiger partial charge < -0.3 is 4.74 Å². The monoisotopic (exact) mass is 466 g/mol. The SMILES string of the molecule is Cc1cc(NNC(=O)c2csc(-c3ccccc3OCc3ccccc3)n2)nc2ccccc12. The van der Waals surface area contributed by atoms with Gasteiger partial charge in [-0.2, -0.15) is 0 Å². The van der Waals surface area contributed by atoms with Crippen LogP contribution in [0.4, 0.5) is 5.82 Å². The van der Waals surface area contributed by atoms with Crippen LogP contribution in [0.25, 0.3) is 21.5 Å². The summed E-state index contributed by atoms with van der Waals surface area (Å²) in [6.45, 7) is 2.47. The van der Waals surface area contributed by atoms with Crippen molar-refractivity contribution in [2.75, 3.05) is 5.43 Å². The summed E-state index contributed by atoms with van der Waals surface area (Å²) in [5.74, 6) is 0.957. The Balaban J connectivity index is 1.28. The minimum absolute atomic E-state index is 0.322. The Morgan fingerprint density at radius 1 is 0.941 bits per heavy atom. The van der Waals surface area contributed by atoms with E-state index in [9.17, 15) is 4.79 Å². The second kappa shape index (κ2) is 9.72. The van der Waals surface area contributed by atoms with Crippen LogP contribution in [0, 0.1) is 6.92 Å². The molecule has 3 aromatic carbocycles. The molecule has 0 aliphatic rings. The van der Waals surface area contributed by atoms with Gasteiger partial charge in [-0.05, 0) is 42.3 Å². The number of para-hydroxylation sites is 2. The lowest BCUT2D eigenvalue weighted by Crippen LogP contribution is -2.30. The Kier molecular flexibility index (Phi) is 6.18. The molecule has 168 valence electrons. The zero-order chi connectivity index (χ0) is 23.3. The average Bonchev–Trinajstić information content (AvgIpc) is 3.37. The predicted molar refractivity (Wildman–Crippen MR) is 136 cm³/mol. The predicted octanol–water partition coefficient (Wildman–Crippen LogP) is 6.00. The number of aromatic nitrogens is 2. The molecule has 0 unspecified atom stereocenters. The van der Waals surface area contributed by atoms with E-state index >= 15 is 0 Å². The summed E-state index contributed by atoms with van der Waals surface area (Å²) in [7, 11) is 0. The molecule has 2 aromatic heterocycles. The van der Waals surface area contributed by atoms with E-state index in [-0.39, 0.29) is 5.91 Å². The first-order valence-corrected chi connectivity index (χ1v) is 11.7. The van der Waals surface area contributed by atoms with Crippen molar-refractivity contribution in [2.45, 2.75) is 13.5 Å². The summed E-state index contributed by atoms with van der Waals surface area (Å²) in [4.78, 5) is 21.8. The van der Waals surface area contributed by atoms with E-state index in [2.05, 4.69) is 20.8 Å². The van der Waals surface area contributed by atoms with Crippen LogP contribution in [0.15, 0.2) is 90.3 Å². The topological polar surface area (TPSA) is 76.1 Å². The number of aryl methyl sites for hydroxylation is 1. The Morgan fingerprint density at radius 2 is 1.71 bits per heavy atom. The molecule has 7 heteroatoms. The molecule has 2 heterocycles. The molecule has 0 fully saturated rings. The number of pyridine rings is 1. The zero-order valence-corrected chi connectivity index (χ0v) is 19.3. The lowest BCUT2D eigenvalue weighted by Gasteiger charge is -2.10. The second-order valence-electron chi connectivity index (χ2n) is 7.73. The highest BCUT2D eigenvalue weighted by Gasteiger charge is 2.15. The first kappa shape index (κ1) is 21.6. The van der Waals surface area contributed by atoms with E-state index < -0.39 is 0 Å². The number of fused-ring (bicyclic) bond motifs is 1. The van der Waals surface area contributed by atoms with Gasteiger partial charge in [-0.15, -0.1) is 11.3 Å². The Hall–Kier alpha value is -4.23. The Bertz CT molecular complexity index is 1450. The maximum Gasteiger partial charge on any atom is 0.289 e. The number of nitrogens with one attached hydrogen (secondary N) is 2. The summed E-state index contributed by atoms with van der Waals surface area (Å²) >= 11 is 1.40. The number of anilines is 1. The fourth-order valence-corrected chi connectivity index (χ4v) is 4.43. The molecular weight excluding hydrogens is 444 g/mol. The Labute approximate surface area is 201 Å². The average molecular weight is 467 g/mol. The molecule has 0 atom stereocenters. The van der Waals surface area contributed by atoms with Crippen molar-refractivity contribution in [3.05, 3.63) is 107 Å². The maximum atomic E-state index is 12.7. The number of rotatable bonds is 7. The molecule has 0 aliphatic carbocycles. The minimum atomic E-state index is -0.335. The van der Waals surface area contributed by atoms with Gasteiger partial charge >= 0.3 is 0 Å². The fourth-order valence-electron chi connectivity index (χ4n) is 3.60. The van der Waals surface area contributed by atoms with Gasteiger partial charge in [0.15, 0.2) is 0 Å². The van der Waals surface area contributed by atoms with E-state index in [1.807, 2.05) is 91.9 Å². The number of ether oxygens (including phenoxy) is 1. The van der Waals surface area contributed by atoms with Crippen molar-refractivity contribution in [1.82, 2.24) is 15.4 Å². The van der Waals surface area contributed by atoms with Gasteiger partial charge in [-0.1, -0.05) is 60.7 Å². The molecule has 0 spiro atoms. The highest BCUT2D eigenvalue weighted by atomic mass is 32.1. The summed E-state index contributed by atoms with van der Waals surface area (Å²) in [6.07, 6.45) is 0. The lowest BCUT2D eigenvalue weighted by atomic mass is 10.1. The number of hydrogen-bond acceptors (Lipinski definition) is 6. The molecule has 0 saturated heterocycles. The Morgan fingerprint density at radius 3 is 2.59 bits per heavy atom. The van der Waals surface area contributed by atoms with Gasteiger partial charge in [0.05, 0.1) is 11.1 Å². The molecule has 5 aromatic rings. The first-order valence-electron chi connectivity index (χ1n) is 10.8. The standard InChI is InChI=1S/C27H22N4O2S/c1-18-15-25(28-22-13-7-5-11-20(18)22)30-31-26(32)23-17-34-27(29-23)21-12-6-8-14-24(21)33-16-19-9-3-2-4-10-19/h2-15,17H,16H2,1H3,(H,28,30)(H,31,32). The van der Waals surface area contributed by atoms with E-state index in [0.717, 1.165) is 33.3 Å². The van der Waals surface area contributed by atoms with Crippen LogP contribution in [0.5, 0.6) is 5.75 Å². The number of benzene rings is 3. The number of hydrogen-bond donors (Lipinski definition) is 2. The van der Waals surface area contributed by atoms with Crippen molar-refractivity contribution in [2.24, 2.45) is 0 Å². The van der Waals surface area contributed by atoms with Crippen molar-refractivity contribution in [3.63, 3.8) is 0 Å². The van der Waals surface area contributed by atoms with Gasteiger partial charge in [-0.3, -0.25) is 15.6 Å². The van der Waals surface area contributed by atoms with Gasteiger partial charge in [0.2, 0.25) is 0 Å². The minimum Gasteiger partial charge on any atom is -0.488 e. The number of thiazole rings is 1. The van der Waals surface area contributed by atoms with Gasteiger partial charge in [0.1, 0.15) is 28.9 Å². The summed E-state index contributed by atoms with van der Waals surface area (Å²) in [5.41, 5.74) is 9.79. The van der Waals surface area contributed by atoms with Gasteiger partial charge in [-0.25, -0.2) is 9.97 Å². The summed E-state index contributed by atoms with van der Waals surface area (Å²) in [6, 6.07) is 27.5. The smallest absolute Gasteiger partial charge is 0.289 e. The number of carbonyl (C=O) groups is 1. The zero-order valence-electron chi connectivity index (χ0n) is 18.5. The third-order valence-electron chi connectivity index (χ3n) is 5.32. The first-order chi connectivity index (χ1) is 16.7. The quantitative estimate of drug-likeness (QED) is 0.288. The molecule has 2 N–H and O–H groups in total. The maximum absolute atomic E-state index is 12.7. The van der Waals surface area contributed by atoms with Gasteiger partial charge in [0.25, 0.3) is 5.91 Å². The van der Waals surface area contributed by atoms with E-state index in [0.29, 0.717) is 23.1 Å².